The molecule has 1 atom stereocenters. The van der Waals surface area contributed by atoms with Gasteiger partial charge < -0.3 is 10.0 Å². The number of rotatable bonds is 3. The second kappa shape index (κ2) is 5.16. The zero-order valence-electron chi connectivity index (χ0n) is 11.5. The molecule has 21 heavy (non-hydrogen) atoms. The molecule has 7 heteroatoms. The van der Waals surface area contributed by atoms with Gasteiger partial charge in [0.2, 0.25) is 0 Å². The second-order valence-electron chi connectivity index (χ2n) is 5.23. The molecule has 2 aromatic rings. The van der Waals surface area contributed by atoms with E-state index in [0.29, 0.717) is 36.7 Å². The predicted octanol–water partition coefficient (Wildman–Crippen LogP) is 1.52. The first-order valence-corrected chi connectivity index (χ1v) is 6.67. The van der Waals surface area contributed by atoms with Crippen LogP contribution in [0.1, 0.15) is 17.2 Å². The van der Waals surface area contributed by atoms with Gasteiger partial charge in [0.05, 0.1) is 12.5 Å². The van der Waals surface area contributed by atoms with Crippen LogP contribution in [-0.2, 0) is 17.8 Å². The van der Waals surface area contributed by atoms with Gasteiger partial charge >= 0.3 is 5.97 Å². The monoisotopic (exact) mass is 290 g/mol. The Balaban J connectivity index is 1.93. The molecule has 1 aliphatic rings. The average molecular weight is 290 g/mol. The summed E-state index contributed by atoms with van der Waals surface area (Å²) in [7, 11) is 0. The maximum atomic E-state index is 13.4. The molecule has 1 unspecified atom stereocenters. The molecule has 0 saturated heterocycles. The van der Waals surface area contributed by atoms with Crippen molar-refractivity contribution in [1.29, 1.82) is 0 Å². The van der Waals surface area contributed by atoms with Crippen LogP contribution >= 0.6 is 0 Å². The maximum Gasteiger partial charge on any atom is 0.308 e. The number of anilines is 1. The first-order chi connectivity index (χ1) is 10.0. The molecule has 0 spiro atoms. The van der Waals surface area contributed by atoms with E-state index in [1.54, 1.807) is 13.0 Å². The van der Waals surface area contributed by atoms with E-state index >= 15 is 0 Å². The Morgan fingerprint density at radius 1 is 1.57 bits per heavy atom. The molecule has 0 saturated carbocycles. The quantitative estimate of drug-likeness (QED) is 0.895. The molecule has 1 aromatic heterocycles. The molecule has 3 rings (SSSR count). The molecule has 0 bridgehead atoms. The number of carboxylic acid groups (broad SMARTS) is 1. The van der Waals surface area contributed by atoms with Crippen LogP contribution in [0.15, 0.2) is 18.2 Å². The molecule has 2 heterocycles. The van der Waals surface area contributed by atoms with Gasteiger partial charge in [0, 0.05) is 12.2 Å². The summed E-state index contributed by atoms with van der Waals surface area (Å²) in [5.41, 5.74) is 1.55. The minimum Gasteiger partial charge on any atom is -0.481 e. The number of nitrogens with zero attached hydrogens (tertiary/aromatic N) is 3. The van der Waals surface area contributed by atoms with E-state index in [0.717, 1.165) is 5.69 Å². The van der Waals surface area contributed by atoms with E-state index < -0.39 is 11.9 Å². The summed E-state index contributed by atoms with van der Waals surface area (Å²) < 4.78 is 13.4. The van der Waals surface area contributed by atoms with Crippen LogP contribution in [0.3, 0.4) is 0 Å². The maximum absolute atomic E-state index is 13.4. The largest absolute Gasteiger partial charge is 0.481 e. The van der Waals surface area contributed by atoms with E-state index in [-0.39, 0.29) is 5.82 Å². The molecule has 0 fully saturated rings. The van der Waals surface area contributed by atoms with Crippen LogP contribution in [-0.4, -0.2) is 32.8 Å². The predicted molar refractivity (Wildman–Crippen MR) is 73.4 cm³/mol. The highest BCUT2D eigenvalue weighted by molar-refractivity contribution is 5.73. The lowest BCUT2D eigenvalue weighted by Crippen LogP contribution is -2.38. The molecule has 1 aliphatic heterocycles. The van der Waals surface area contributed by atoms with Crippen LogP contribution in [0.4, 0.5) is 10.1 Å². The van der Waals surface area contributed by atoms with Gasteiger partial charge in [-0.05, 0) is 37.1 Å². The Hall–Kier alpha value is -2.44. The number of H-pyrrole nitrogens is 1. The number of hydrogen-bond acceptors (Lipinski definition) is 4. The Bertz CT molecular complexity index is 685. The molecule has 0 aliphatic carbocycles. The molecule has 110 valence electrons. The average Bonchev–Trinajstić information content (AvgIpc) is 2.83. The lowest BCUT2D eigenvalue weighted by atomic mass is 9.92. The van der Waals surface area contributed by atoms with Crippen molar-refractivity contribution in [1.82, 2.24) is 15.2 Å². The fourth-order valence-corrected chi connectivity index (χ4v) is 2.67. The molecule has 1 aromatic carbocycles. The van der Waals surface area contributed by atoms with Crippen molar-refractivity contribution in [2.75, 3.05) is 11.4 Å². The third-order valence-corrected chi connectivity index (χ3v) is 3.61. The number of halogens is 1. The van der Waals surface area contributed by atoms with Gasteiger partial charge in [-0.25, -0.2) is 9.37 Å². The highest BCUT2D eigenvalue weighted by Crippen LogP contribution is 2.31. The third-order valence-electron chi connectivity index (χ3n) is 3.61. The van der Waals surface area contributed by atoms with Crippen molar-refractivity contribution in [2.24, 2.45) is 5.92 Å². The minimum atomic E-state index is -0.874. The standard InChI is InChI=1S/C14H15FN4O2/c1-8-16-13(18-17-8)7-19-6-10(14(20)21)4-9-5-11(15)2-3-12(9)19/h2-3,5,10H,4,6-7H2,1H3,(H,20,21)(H,16,17,18). The van der Waals surface area contributed by atoms with Crippen LogP contribution < -0.4 is 4.90 Å². The summed E-state index contributed by atoms with van der Waals surface area (Å²) in [4.78, 5) is 17.4. The molecule has 0 amide bonds. The van der Waals surface area contributed by atoms with Gasteiger partial charge in [-0.1, -0.05) is 0 Å². The zero-order chi connectivity index (χ0) is 15.0. The SMILES string of the molecule is Cc1nc(CN2CC(C(=O)O)Cc3cc(F)ccc32)n[nH]1. The Labute approximate surface area is 120 Å². The number of hydrogen-bond donors (Lipinski definition) is 2. The number of aliphatic carboxylic acids is 1. The van der Waals surface area contributed by atoms with E-state index in [9.17, 15) is 14.3 Å². The molecular weight excluding hydrogens is 275 g/mol. The van der Waals surface area contributed by atoms with Crippen molar-refractivity contribution in [2.45, 2.75) is 19.9 Å². The molecule has 6 nitrogen and oxygen atoms in total. The van der Waals surface area contributed by atoms with Crippen molar-refractivity contribution < 1.29 is 14.3 Å². The van der Waals surface area contributed by atoms with Gasteiger partial charge in [0.1, 0.15) is 11.6 Å². The molecule has 0 radical (unpaired) electrons. The van der Waals surface area contributed by atoms with Gasteiger partial charge in [0.25, 0.3) is 0 Å². The van der Waals surface area contributed by atoms with Crippen LogP contribution in [0.5, 0.6) is 0 Å². The van der Waals surface area contributed by atoms with Crippen LogP contribution in [0.2, 0.25) is 0 Å². The highest BCUT2D eigenvalue weighted by Gasteiger charge is 2.29. The van der Waals surface area contributed by atoms with Crippen molar-refractivity contribution in [3.05, 3.63) is 41.2 Å². The van der Waals surface area contributed by atoms with Gasteiger partial charge in [-0.15, -0.1) is 0 Å². The number of aromatic amines is 1. The number of carboxylic acids is 1. The first kappa shape index (κ1) is 13.5. The fourth-order valence-electron chi connectivity index (χ4n) is 2.67. The van der Waals surface area contributed by atoms with Crippen LogP contribution in [0.25, 0.3) is 0 Å². The van der Waals surface area contributed by atoms with Crippen molar-refractivity contribution >= 4 is 11.7 Å². The second-order valence-corrected chi connectivity index (χ2v) is 5.23. The lowest BCUT2D eigenvalue weighted by Gasteiger charge is -2.33. The summed E-state index contributed by atoms with van der Waals surface area (Å²) >= 11 is 0. The van der Waals surface area contributed by atoms with Crippen LogP contribution in [0, 0.1) is 18.7 Å². The Morgan fingerprint density at radius 2 is 2.38 bits per heavy atom. The number of fused-ring (bicyclic) bond motifs is 1. The Kier molecular flexibility index (Phi) is 3.32. The first-order valence-electron chi connectivity index (χ1n) is 6.67. The molecular formula is C14H15FN4O2. The van der Waals surface area contributed by atoms with E-state index in [1.807, 2.05) is 4.90 Å². The number of nitrogens with one attached hydrogen (secondary N) is 1. The third kappa shape index (κ3) is 2.72. The summed E-state index contributed by atoms with van der Waals surface area (Å²) in [5, 5.41) is 16.1. The topological polar surface area (TPSA) is 82.1 Å². The number of carbonyl (C=O) groups is 1. The lowest BCUT2D eigenvalue weighted by molar-refractivity contribution is -0.141. The summed E-state index contributed by atoms with van der Waals surface area (Å²) in [6, 6.07) is 4.47. The number of aromatic nitrogens is 3. The Morgan fingerprint density at radius 3 is 3.05 bits per heavy atom. The van der Waals surface area contributed by atoms with E-state index in [4.69, 9.17) is 0 Å². The normalized spacial score (nSPS) is 17.6. The van der Waals surface area contributed by atoms with Gasteiger partial charge in [-0.2, -0.15) is 5.10 Å². The number of benzene rings is 1. The van der Waals surface area contributed by atoms with Gasteiger partial charge in [-0.3, -0.25) is 9.89 Å². The van der Waals surface area contributed by atoms with Gasteiger partial charge in [0.15, 0.2) is 5.82 Å². The highest BCUT2D eigenvalue weighted by atomic mass is 19.1. The summed E-state index contributed by atoms with van der Waals surface area (Å²) in [5.74, 6) is -0.487. The van der Waals surface area contributed by atoms with E-state index in [2.05, 4.69) is 15.2 Å². The zero-order valence-corrected chi connectivity index (χ0v) is 11.5. The van der Waals surface area contributed by atoms with Crippen molar-refractivity contribution in [3.63, 3.8) is 0 Å². The van der Waals surface area contributed by atoms with E-state index in [1.165, 1.54) is 12.1 Å². The number of aryl methyl sites for hydroxylation is 1. The van der Waals surface area contributed by atoms with Crippen molar-refractivity contribution in [3.8, 4) is 0 Å². The fraction of sp³-hybridized carbons (Fsp3) is 0.357. The minimum absolute atomic E-state index is 0.339. The smallest absolute Gasteiger partial charge is 0.308 e. The summed E-state index contributed by atoms with van der Waals surface area (Å²) in [6.07, 6.45) is 0.339. The summed E-state index contributed by atoms with van der Waals surface area (Å²) in [6.45, 7) is 2.56. The molecule has 2 N–H and O–H groups in total.